The number of hydrogen-bond donors (Lipinski definition) is 3. The van der Waals surface area contributed by atoms with Gasteiger partial charge >= 0.3 is 0 Å². The Morgan fingerprint density at radius 2 is 2.00 bits per heavy atom. The number of anilines is 2. The molecule has 0 aliphatic heterocycles. The lowest BCUT2D eigenvalue weighted by Crippen LogP contribution is -2.13. The molecule has 96 valence electrons. The summed E-state index contributed by atoms with van der Waals surface area (Å²) in [6.07, 6.45) is 1.14. The predicted octanol–water partition coefficient (Wildman–Crippen LogP) is 3.34. The molecular formula is C13H23N3S. The van der Waals surface area contributed by atoms with E-state index in [9.17, 15) is 0 Å². The first-order valence-corrected chi connectivity index (χ1v) is 6.71. The van der Waals surface area contributed by atoms with E-state index in [0.29, 0.717) is 5.41 Å². The van der Waals surface area contributed by atoms with E-state index in [-0.39, 0.29) is 0 Å². The molecule has 0 fully saturated rings. The zero-order chi connectivity index (χ0) is 12.9. The van der Waals surface area contributed by atoms with Gasteiger partial charge in [0.15, 0.2) is 0 Å². The van der Waals surface area contributed by atoms with Crippen molar-refractivity contribution in [2.45, 2.75) is 32.1 Å². The summed E-state index contributed by atoms with van der Waals surface area (Å²) in [5.74, 6) is 0. The maximum atomic E-state index is 5.79. The molecule has 0 aliphatic carbocycles. The SMILES string of the molecule is CNSc1cc(N)ccc1NCCC(C)(C)C. The average Bonchev–Trinajstić information content (AvgIpc) is 2.20. The van der Waals surface area contributed by atoms with Gasteiger partial charge in [0.25, 0.3) is 0 Å². The van der Waals surface area contributed by atoms with Crippen LogP contribution in [0.1, 0.15) is 27.2 Å². The fourth-order valence-corrected chi connectivity index (χ4v) is 2.12. The molecule has 3 nitrogen and oxygen atoms in total. The summed E-state index contributed by atoms with van der Waals surface area (Å²) in [4.78, 5) is 1.14. The largest absolute Gasteiger partial charge is 0.399 e. The predicted molar refractivity (Wildman–Crippen MR) is 78.3 cm³/mol. The molecule has 4 heteroatoms. The van der Waals surface area contributed by atoms with E-state index in [1.165, 1.54) is 0 Å². The quantitative estimate of drug-likeness (QED) is 0.556. The summed E-state index contributed by atoms with van der Waals surface area (Å²) >= 11 is 1.58. The third kappa shape index (κ3) is 5.33. The van der Waals surface area contributed by atoms with Crippen molar-refractivity contribution in [1.82, 2.24) is 4.72 Å². The van der Waals surface area contributed by atoms with Crippen LogP contribution < -0.4 is 15.8 Å². The van der Waals surface area contributed by atoms with E-state index in [1.807, 2.05) is 25.2 Å². The number of benzene rings is 1. The molecule has 17 heavy (non-hydrogen) atoms. The van der Waals surface area contributed by atoms with Crippen molar-refractivity contribution in [3.05, 3.63) is 18.2 Å². The average molecular weight is 253 g/mol. The Morgan fingerprint density at radius 3 is 2.59 bits per heavy atom. The minimum absolute atomic E-state index is 0.358. The summed E-state index contributed by atoms with van der Waals surface area (Å²) in [6.45, 7) is 7.73. The van der Waals surface area contributed by atoms with Crippen LogP contribution in [0.25, 0.3) is 0 Å². The van der Waals surface area contributed by atoms with E-state index in [4.69, 9.17) is 5.73 Å². The second-order valence-corrected chi connectivity index (χ2v) is 6.35. The van der Waals surface area contributed by atoms with E-state index in [1.54, 1.807) is 11.9 Å². The summed E-state index contributed by atoms with van der Waals surface area (Å²) in [5, 5.41) is 3.47. The van der Waals surface area contributed by atoms with Gasteiger partial charge < -0.3 is 11.1 Å². The molecule has 0 radical (unpaired) electrons. The summed E-state index contributed by atoms with van der Waals surface area (Å²) in [6, 6.07) is 5.96. The fraction of sp³-hybridized carbons (Fsp3) is 0.538. The van der Waals surface area contributed by atoms with Crippen molar-refractivity contribution in [2.24, 2.45) is 5.41 Å². The Morgan fingerprint density at radius 1 is 1.29 bits per heavy atom. The molecule has 0 atom stereocenters. The van der Waals surface area contributed by atoms with Crippen LogP contribution in [-0.4, -0.2) is 13.6 Å². The Hall–Kier alpha value is -0.870. The minimum atomic E-state index is 0.358. The number of nitrogen functional groups attached to an aromatic ring is 1. The van der Waals surface area contributed by atoms with E-state index in [0.717, 1.165) is 29.2 Å². The van der Waals surface area contributed by atoms with Gasteiger partial charge in [-0.05, 0) is 49.0 Å². The lowest BCUT2D eigenvalue weighted by atomic mass is 9.92. The molecule has 0 spiro atoms. The lowest BCUT2D eigenvalue weighted by molar-refractivity contribution is 0.389. The third-order valence-electron chi connectivity index (χ3n) is 2.41. The van der Waals surface area contributed by atoms with Gasteiger partial charge in [0.2, 0.25) is 0 Å². The topological polar surface area (TPSA) is 50.1 Å². The molecule has 1 aromatic rings. The van der Waals surface area contributed by atoms with Gasteiger partial charge in [-0.15, -0.1) is 0 Å². The second-order valence-electron chi connectivity index (χ2n) is 5.30. The summed E-state index contributed by atoms with van der Waals surface area (Å²) in [5.41, 5.74) is 8.08. The highest BCUT2D eigenvalue weighted by atomic mass is 32.2. The van der Waals surface area contributed by atoms with Crippen LogP contribution in [0.3, 0.4) is 0 Å². The van der Waals surface area contributed by atoms with Gasteiger partial charge in [0.05, 0.1) is 0 Å². The van der Waals surface area contributed by atoms with Crippen LogP contribution in [0.5, 0.6) is 0 Å². The Balaban J connectivity index is 2.63. The molecule has 0 amide bonds. The van der Waals surface area contributed by atoms with Crippen LogP contribution in [-0.2, 0) is 0 Å². The molecule has 0 saturated heterocycles. The number of hydrogen-bond acceptors (Lipinski definition) is 4. The fourth-order valence-electron chi connectivity index (χ4n) is 1.45. The van der Waals surface area contributed by atoms with Crippen molar-refractivity contribution in [3.63, 3.8) is 0 Å². The first-order chi connectivity index (χ1) is 7.92. The van der Waals surface area contributed by atoms with Crippen LogP contribution in [0.15, 0.2) is 23.1 Å². The normalized spacial score (nSPS) is 11.5. The molecule has 0 bridgehead atoms. The molecule has 1 aromatic carbocycles. The van der Waals surface area contributed by atoms with Gasteiger partial charge in [-0.3, -0.25) is 4.72 Å². The standard InChI is InChI=1S/C13H23N3S/c1-13(2,3)7-8-16-11-6-5-10(14)9-12(11)17-15-4/h5-6,9,15-16H,7-8,14H2,1-4H3. The van der Waals surface area contributed by atoms with Crippen LogP contribution in [0, 0.1) is 5.41 Å². The molecule has 1 rings (SSSR count). The number of nitrogens with two attached hydrogens (primary N) is 1. The van der Waals surface area contributed by atoms with Crippen LogP contribution in [0.4, 0.5) is 11.4 Å². The first kappa shape index (κ1) is 14.2. The van der Waals surface area contributed by atoms with Crippen molar-refractivity contribution < 1.29 is 0 Å². The van der Waals surface area contributed by atoms with Crippen LogP contribution >= 0.6 is 11.9 Å². The zero-order valence-electron chi connectivity index (χ0n) is 11.1. The van der Waals surface area contributed by atoms with Crippen molar-refractivity contribution in [1.29, 1.82) is 0 Å². The molecular weight excluding hydrogens is 230 g/mol. The maximum Gasteiger partial charge on any atom is 0.0493 e. The highest BCUT2D eigenvalue weighted by molar-refractivity contribution is 7.97. The molecule has 0 saturated carbocycles. The van der Waals surface area contributed by atoms with E-state index in [2.05, 4.69) is 30.8 Å². The number of rotatable bonds is 5. The van der Waals surface area contributed by atoms with Gasteiger partial charge in [0.1, 0.15) is 0 Å². The van der Waals surface area contributed by atoms with Gasteiger partial charge in [-0.25, -0.2) is 0 Å². The molecule has 4 N–H and O–H groups in total. The van der Waals surface area contributed by atoms with Gasteiger partial charge in [0, 0.05) is 22.8 Å². The second kappa shape index (κ2) is 6.17. The Bertz CT molecular complexity index is 358. The minimum Gasteiger partial charge on any atom is -0.399 e. The van der Waals surface area contributed by atoms with E-state index >= 15 is 0 Å². The molecule has 0 aromatic heterocycles. The first-order valence-electron chi connectivity index (χ1n) is 5.89. The van der Waals surface area contributed by atoms with Gasteiger partial charge in [-0.2, -0.15) is 0 Å². The van der Waals surface area contributed by atoms with Crippen LogP contribution in [0.2, 0.25) is 0 Å². The summed E-state index contributed by atoms with van der Waals surface area (Å²) in [7, 11) is 1.91. The third-order valence-corrected chi connectivity index (χ3v) is 3.17. The molecule has 0 aliphatic rings. The Kier molecular flexibility index (Phi) is 5.15. The highest BCUT2D eigenvalue weighted by Crippen LogP contribution is 2.28. The van der Waals surface area contributed by atoms with Crippen molar-refractivity contribution in [2.75, 3.05) is 24.6 Å². The smallest absolute Gasteiger partial charge is 0.0493 e. The van der Waals surface area contributed by atoms with E-state index < -0.39 is 0 Å². The molecule has 0 unspecified atom stereocenters. The van der Waals surface area contributed by atoms with Crippen molar-refractivity contribution in [3.8, 4) is 0 Å². The lowest BCUT2D eigenvalue weighted by Gasteiger charge is -2.19. The Labute approximate surface area is 109 Å². The maximum absolute atomic E-state index is 5.79. The zero-order valence-corrected chi connectivity index (χ0v) is 11.9. The van der Waals surface area contributed by atoms with Crippen molar-refractivity contribution >= 4 is 23.3 Å². The van der Waals surface area contributed by atoms with Gasteiger partial charge in [-0.1, -0.05) is 20.8 Å². The summed E-state index contributed by atoms with van der Waals surface area (Å²) < 4.78 is 3.08. The highest BCUT2D eigenvalue weighted by Gasteiger charge is 2.10. The number of nitrogens with one attached hydrogen (secondary N) is 2. The molecule has 0 heterocycles. The monoisotopic (exact) mass is 253 g/mol.